The van der Waals surface area contributed by atoms with E-state index in [0.717, 1.165) is 5.92 Å². The van der Waals surface area contributed by atoms with Crippen molar-refractivity contribution in [2.75, 3.05) is 11.5 Å². The second kappa shape index (κ2) is 3.30. The zero-order valence-electron chi connectivity index (χ0n) is 7.80. The minimum Gasteiger partial charge on any atom is -0.139 e. The molecule has 0 N–H and O–H groups in total. The van der Waals surface area contributed by atoms with Crippen LogP contribution in [0.1, 0.15) is 26.7 Å². The van der Waals surface area contributed by atoms with E-state index in [-0.39, 0.29) is 0 Å². The molecule has 12 heavy (non-hydrogen) atoms. The summed E-state index contributed by atoms with van der Waals surface area (Å²) in [4.78, 5) is 0. The second-order valence-corrected chi connectivity index (χ2v) is 6.95. The largest absolute Gasteiger partial charge is 0.139 e. The number of hydrogen-bond donors (Lipinski definition) is 0. The molecule has 0 saturated carbocycles. The molecule has 1 unspecified atom stereocenters. The average Bonchev–Trinajstić information content (AvgIpc) is 2.47. The van der Waals surface area contributed by atoms with Crippen LogP contribution in [0.5, 0.6) is 0 Å². The standard InChI is InChI=1S/C10H16S2/c1-8-3-4-10(7-9(8)2)11-5-6-12-10/h7-8H,3-6H2,1-2H3. The van der Waals surface area contributed by atoms with Crippen molar-refractivity contribution >= 4 is 23.5 Å². The van der Waals surface area contributed by atoms with Gasteiger partial charge in [-0.1, -0.05) is 18.6 Å². The van der Waals surface area contributed by atoms with E-state index in [1.54, 1.807) is 5.57 Å². The van der Waals surface area contributed by atoms with Gasteiger partial charge in [0.25, 0.3) is 0 Å². The van der Waals surface area contributed by atoms with Gasteiger partial charge in [-0.25, -0.2) is 0 Å². The maximum atomic E-state index is 2.53. The predicted octanol–water partition coefficient (Wildman–Crippen LogP) is 3.54. The van der Waals surface area contributed by atoms with Gasteiger partial charge in [0.15, 0.2) is 0 Å². The molecule has 1 fully saturated rings. The topological polar surface area (TPSA) is 0 Å². The lowest BCUT2D eigenvalue weighted by Gasteiger charge is -2.31. The fraction of sp³-hybridized carbons (Fsp3) is 0.800. The van der Waals surface area contributed by atoms with Gasteiger partial charge in [0.2, 0.25) is 0 Å². The first-order chi connectivity index (χ1) is 5.72. The summed E-state index contributed by atoms with van der Waals surface area (Å²) in [5.74, 6) is 3.53. The van der Waals surface area contributed by atoms with Crippen LogP contribution in [0.3, 0.4) is 0 Å². The van der Waals surface area contributed by atoms with Gasteiger partial charge in [0.05, 0.1) is 4.08 Å². The first-order valence-corrected chi connectivity index (χ1v) is 6.66. The summed E-state index contributed by atoms with van der Waals surface area (Å²) >= 11 is 4.32. The summed E-state index contributed by atoms with van der Waals surface area (Å²) < 4.78 is 0.497. The van der Waals surface area contributed by atoms with Crippen LogP contribution < -0.4 is 0 Å². The molecule has 1 aliphatic heterocycles. The van der Waals surface area contributed by atoms with Crippen molar-refractivity contribution in [2.24, 2.45) is 5.92 Å². The maximum absolute atomic E-state index is 2.53. The van der Waals surface area contributed by atoms with E-state index in [1.807, 2.05) is 0 Å². The predicted molar refractivity (Wildman–Crippen MR) is 59.8 cm³/mol. The molecule has 0 aromatic rings. The molecule has 0 amide bonds. The molecule has 1 heterocycles. The molecule has 0 aromatic heterocycles. The quantitative estimate of drug-likeness (QED) is 0.549. The van der Waals surface area contributed by atoms with Crippen molar-refractivity contribution in [3.8, 4) is 0 Å². The van der Waals surface area contributed by atoms with E-state index in [9.17, 15) is 0 Å². The Morgan fingerprint density at radius 2 is 2.08 bits per heavy atom. The highest BCUT2D eigenvalue weighted by Gasteiger charge is 2.36. The molecule has 0 aromatic carbocycles. The Hall–Kier alpha value is 0.440. The molecule has 1 aliphatic carbocycles. The molecule has 1 saturated heterocycles. The van der Waals surface area contributed by atoms with E-state index in [2.05, 4.69) is 43.4 Å². The Morgan fingerprint density at radius 1 is 1.42 bits per heavy atom. The average molecular weight is 200 g/mol. The van der Waals surface area contributed by atoms with Gasteiger partial charge in [-0.3, -0.25) is 0 Å². The molecule has 2 aliphatic rings. The number of hydrogen-bond acceptors (Lipinski definition) is 2. The van der Waals surface area contributed by atoms with Gasteiger partial charge in [0, 0.05) is 11.5 Å². The molecular formula is C10H16S2. The Morgan fingerprint density at radius 3 is 2.67 bits per heavy atom. The molecule has 0 radical (unpaired) electrons. The second-order valence-electron chi connectivity index (χ2n) is 3.84. The lowest BCUT2D eigenvalue weighted by atomic mass is 9.90. The third-order valence-corrected chi connectivity index (χ3v) is 6.33. The fourth-order valence-electron chi connectivity index (χ4n) is 1.90. The van der Waals surface area contributed by atoms with E-state index in [4.69, 9.17) is 0 Å². The minimum absolute atomic E-state index is 0.497. The van der Waals surface area contributed by atoms with Crippen LogP contribution in [-0.2, 0) is 0 Å². The van der Waals surface area contributed by atoms with Gasteiger partial charge >= 0.3 is 0 Å². The highest BCUT2D eigenvalue weighted by molar-refractivity contribution is 8.21. The molecule has 2 rings (SSSR count). The van der Waals surface area contributed by atoms with Crippen LogP contribution in [0.25, 0.3) is 0 Å². The molecule has 0 bridgehead atoms. The highest BCUT2D eigenvalue weighted by Crippen LogP contribution is 2.52. The lowest BCUT2D eigenvalue weighted by Crippen LogP contribution is -2.21. The van der Waals surface area contributed by atoms with Gasteiger partial charge in [-0.2, -0.15) is 0 Å². The van der Waals surface area contributed by atoms with Crippen molar-refractivity contribution in [1.29, 1.82) is 0 Å². The van der Waals surface area contributed by atoms with Crippen molar-refractivity contribution in [3.63, 3.8) is 0 Å². The first kappa shape index (κ1) is 9.01. The minimum atomic E-state index is 0.497. The summed E-state index contributed by atoms with van der Waals surface area (Å²) in [7, 11) is 0. The normalized spacial score (nSPS) is 33.8. The first-order valence-electron chi connectivity index (χ1n) is 4.69. The van der Waals surface area contributed by atoms with E-state index >= 15 is 0 Å². The van der Waals surface area contributed by atoms with Gasteiger partial charge in [-0.15, -0.1) is 23.5 Å². The third-order valence-electron chi connectivity index (χ3n) is 2.93. The van der Waals surface area contributed by atoms with Gasteiger partial charge in [0.1, 0.15) is 0 Å². The molecular weight excluding hydrogens is 184 g/mol. The monoisotopic (exact) mass is 200 g/mol. The van der Waals surface area contributed by atoms with Crippen LogP contribution >= 0.6 is 23.5 Å². The molecule has 1 spiro atoms. The molecule has 68 valence electrons. The molecule has 0 nitrogen and oxygen atoms in total. The Labute approximate surface area is 83.6 Å². The maximum Gasteiger partial charge on any atom is 0.0794 e. The SMILES string of the molecule is CC1=CC2(CCC1C)SCCS2. The van der Waals surface area contributed by atoms with Crippen LogP contribution in [0, 0.1) is 5.92 Å². The summed E-state index contributed by atoms with van der Waals surface area (Å²) in [5, 5.41) is 0. The van der Waals surface area contributed by atoms with E-state index in [1.165, 1.54) is 24.3 Å². The number of rotatable bonds is 0. The highest BCUT2D eigenvalue weighted by atomic mass is 32.2. The van der Waals surface area contributed by atoms with Crippen LogP contribution in [0.2, 0.25) is 0 Å². The Kier molecular flexibility index (Phi) is 2.48. The van der Waals surface area contributed by atoms with Crippen LogP contribution in [0.15, 0.2) is 11.6 Å². The van der Waals surface area contributed by atoms with Crippen molar-refractivity contribution < 1.29 is 0 Å². The van der Waals surface area contributed by atoms with Crippen molar-refractivity contribution in [3.05, 3.63) is 11.6 Å². The fourth-order valence-corrected chi connectivity index (χ4v) is 5.16. The van der Waals surface area contributed by atoms with Crippen LogP contribution in [-0.4, -0.2) is 15.6 Å². The van der Waals surface area contributed by atoms with E-state index in [0.29, 0.717) is 4.08 Å². The number of thioether (sulfide) groups is 2. The number of allylic oxidation sites excluding steroid dienone is 1. The lowest BCUT2D eigenvalue weighted by molar-refractivity contribution is 0.546. The summed E-state index contributed by atoms with van der Waals surface area (Å²) in [5.41, 5.74) is 1.61. The van der Waals surface area contributed by atoms with Crippen molar-refractivity contribution in [2.45, 2.75) is 30.8 Å². The Bertz CT molecular complexity index is 202. The molecule has 2 heteroatoms. The summed E-state index contributed by atoms with van der Waals surface area (Å²) in [6.45, 7) is 4.65. The van der Waals surface area contributed by atoms with Crippen molar-refractivity contribution in [1.82, 2.24) is 0 Å². The third kappa shape index (κ3) is 1.56. The van der Waals surface area contributed by atoms with Gasteiger partial charge in [-0.05, 0) is 25.7 Å². The zero-order valence-corrected chi connectivity index (χ0v) is 9.43. The Balaban J connectivity index is 2.18. The summed E-state index contributed by atoms with van der Waals surface area (Å²) in [6, 6.07) is 0. The van der Waals surface area contributed by atoms with Crippen LogP contribution in [0.4, 0.5) is 0 Å². The smallest absolute Gasteiger partial charge is 0.0794 e. The molecule has 1 atom stereocenters. The zero-order chi connectivity index (χ0) is 8.60. The summed E-state index contributed by atoms with van der Waals surface area (Å²) in [6.07, 6.45) is 5.31. The van der Waals surface area contributed by atoms with Gasteiger partial charge < -0.3 is 0 Å². The van der Waals surface area contributed by atoms with E-state index < -0.39 is 0 Å².